The topological polar surface area (TPSA) is 92.9 Å². The quantitative estimate of drug-likeness (QED) is 0.723. The van der Waals surface area contributed by atoms with Crippen LogP contribution in [0.1, 0.15) is 33.6 Å². The number of carboxylic acids is 1. The molecule has 2 unspecified atom stereocenters. The number of hydrogen-bond acceptors (Lipinski definition) is 4. The Labute approximate surface area is 106 Å². The number of carbonyl (C=O) groups excluding carboxylic acids is 1. The molecular weight excluding hydrogens is 236 g/mol. The largest absolute Gasteiger partial charge is 0.480 e. The zero-order chi connectivity index (χ0) is 13.8. The molecule has 6 nitrogen and oxygen atoms in total. The summed E-state index contributed by atoms with van der Waals surface area (Å²) in [6.07, 6.45) is 0.683. The lowest BCUT2D eigenvalue weighted by molar-refractivity contribution is -0.140. The number of rotatable bonds is 1. The maximum atomic E-state index is 11.9. The SMILES string of the molecule is CC(C)(C)OC(=O)N1CCC2(C1)CC2(N)C(=O)O. The molecule has 18 heavy (non-hydrogen) atoms. The van der Waals surface area contributed by atoms with Gasteiger partial charge in [-0.3, -0.25) is 4.79 Å². The van der Waals surface area contributed by atoms with E-state index >= 15 is 0 Å². The maximum Gasteiger partial charge on any atom is 0.410 e. The number of likely N-dealkylation sites (tertiary alicyclic amines) is 1. The number of nitrogens with two attached hydrogens (primary N) is 1. The van der Waals surface area contributed by atoms with Gasteiger partial charge in [0.2, 0.25) is 0 Å². The van der Waals surface area contributed by atoms with Crippen molar-refractivity contribution >= 4 is 12.1 Å². The first-order valence-corrected chi connectivity index (χ1v) is 6.10. The van der Waals surface area contributed by atoms with Crippen LogP contribution in [0.5, 0.6) is 0 Å². The Hall–Kier alpha value is -1.30. The Bertz CT molecular complexity index is 403. The smallest absolute Gasteiger partial charge is 0.410 e. The average molecular weight is 256 g/mol. The number of aliphatic carboxylic acids is 1. The van der Waals surface area contributed by atoms with E-state index in [2.05, 4.69) is 0 Å². The third-order valence-electron chi connectivity index (χ3n) is 3.83. The van der Waals surface area contributed by atoms with E-state index in [0.29, 0.717) is 25.9 Å². The number of carboxylic acid groups (broad SMARTS) is 1. The van der Waals surface area contributed by atoms with Crippen LogP contribution in [0.2, 0.25) is 0 Å². The molecule has 2 rings (SSSR count). The lowest BCUT2D eigenvalue weighted by Gasteiger charge is -2.24. The van der Waals surface area contributed by atoms with Crippen molar-refractivity contribution in [3.63, 3.8) is 0 Å². The molecule has 1 saturated carbocycles. The van der Waals surface area contributed by atoms with Gasteiger partial charge in [0.05, 0.1) is 0 Å². The molecule has 1 aliphatic carbocycles. The molecule has 1 amide bonds. The van der Waals surface area contributed by atoms with Crippen LogP contribution in [-0.2, 0) is 9.53 Å². The van der Waals surface area contributed by atoms with Crippen LogP contribution in [0.25, 0.3) is 0 Å². The van der Waals surface area contributed by atoms with Crippen molar-refractivity contribution in [1.29, 1.82) is 0 Å². The van der Waals surface area contributed by atoms with E-state index in [9.17, 15) is 9.59 Å². The molecule has 2 fully saturated rings. The molecule has 2 atom stereocenters. The number of hydrogen-bond donors (Lipinski definition) is 2. The van der Waals surface area contributed by atoms with E-state index in [0.717, 1.165) is 0 Å². The average Bonchev–Trinajstić information content (AvgIpc) is 2.59. The van der Waals surface area contributed by atoms with E-state index < -0.39 is 22.5 Å². The van der Waals surface area contributed by atoms with Gasteiger partial charge in [-0.25, -0.2) is 4.79 Å². The first kappa shape index (κ1) is 13.1. The van der Waals surface area contributed by atoms with Gasteiger partial charge in [-0.1, -0.05) is 0 Å². The van der Waals surface area contributed by atoms with Crippen molar-refractivity contribution in [2.45, 2.75) is 44.8 Å². The van der Waals surface area contributed by atoms with Crippen molar-refractivity contribution in [1.82, 2.24) is 4.90 Å². The Morgan fingerprint density at radius 3 is 2.44 bits per heavy atom. The molecule has 6 heteroatoms. The van der Waals surface area contributed by atoms with E-state index in [1.54, 1.807) is 25.7 Å². The van der Waals surface area contributed by atoms with E-state index in [-0.39, 0.29) is 6.09 Å². The van der Waals surface area contributed by atoms with Gasteiger partial charge in [-0.15, -0.1) is 0 Å². The van der Waals surface area contributed by atoms with Crippen molar-refractivity contribution in [2.24, 2.45) is 11.1 Å². The molecule has 1 aliphatic heterocycles. The van der Waals surface area contributed by atoms with Gasteiger partial charge in [-0.2, -0.15) is 0 Å². The minimum Gasteiger partial charge on any atom is -0.480 e. The molecule has 102 valence electrons. The van der Waals surface area contributed by atoms with Crippen LogP contribution in [0, 0.1) is 5.41 Å². The highest BCUT2D eigenvalue weighted by molar-refractivity contribution is 5.85. The molecule has 3 N–H and O–H groups in total. The summed E-state index contributed by atoms with van der Waals surface area (Å²) in [5, 5.41) is 9.09. The highest BCUT2D eigenvalue weighted by Crippen LogP contribution is 2.60. The fourth-order valence-electron chi connectivity index (χ4n) is 2.66. The third-order valence-corrected chi connectivity index (χ3v) is 3.83. The summed E-state index contributed by atoms with van der Waals surface area (Å²) in [5.41, 5.74) is 3.69. The highest BCUT2D eigenvalue weighted by atomic mass is 16.6. The van der Waals surface area contributed by atoms with Gasteiger partial charge in [-0.05, 0) is 33.6 Å². The first-order valence-electron chi connectivity index (χ1n) is 6.10. The molecular formula is C12H20N2O4. The maximum absolute atomic E-state index is 11.9. The zero-order valence-electron chi connectivity index (χ0n) is 11.0. The lowest BCUT2D eigenvalue weighted by Crippen LogP contribution is -2.41. The van der Waals surface area contributed by atoms with Crippen molar-refractivity contribution in [3.05, 3.63) is 0 Å². The molecule has 0 aromatic heterocycles. The van der Waals surface area contributed by atoms with Crippen molar-refractivity contribution in [2.75, 3.05) is 13.1 Å². The second-order valence-corrected chi connectivity index (χ2v) is 6.39. The second-order valence-electron chi connectivity index (χ2n) is 6.39. The molecule has 2 aliphatic rings. The summed E-state index contributed by atoms with van der Waals surface area (Å²) in [6, 6.07) is 0. The molecule has 1 spiro atoms. The van der Waals surface area contributed by atoms with Crippen LogP contribution in [0.4, 0.5) is 4.79 Å². The number of amides is 1. The van der Waals surface area contributed by atoms with Gasteiger partial charge in [0.15, 0.2) is 0 Å². The van der Waals surface area contributed by atoms with Crippen LogP contribution in [-0.4, -0.2) is 46.3 Å². The van der Waals surface area contributed by atoms with Crippen LogP contribution < -0.4 is 5.73 Å². The summed E-state index contributed by atoms with van der Waals surface area (Å²) in [4.78, 5) is 24.5. The van der Waals surface area contributed by atoms with Gasteiger partial charge in [0, 0.05) is 18.5 Å². The number of carbonyl (C=O) groups is 2. The molecule has 0 bridgehead atoms. The summed E-state index contributed by atoms with van der Waals surface area (Å²) in [5.74, 6) is -0.978. The summed E-state index contributed by atoms with van der Waals surface area (Å²) >= 11 is 0. The van der Waals surface area contributed by atoms with E-state index in [1.807, 2.05) is 0 Å². The molecule has 1 saturated heterocycles. The molecule has 0 aromatic carbocycles. The van der Waals surface area contributed by atoms with Crippen molar-refractivity contribution < 1.29 is 19.4 Å². The Kier molecular flexibility index (Phi) is 2.63. The first-order chi connectivity index (χ1) is 8.10. The van der Waals surface area contributed by atoms with Crippen LogP contribution in [0.15, 0.2) is 0 Å². The van der Waals surface area contributed by atoms with Crippen molar-refractivity contribution in [3.8, 4) is 0 Å². The van der Waals surface area contributed by atoms with Crippen LogP contribution in [0.3, 0.4) is 0 Å². The molecule has 1 heterocycles. The summed E-state index contributed by atoms with van der Waals surface area (Å²) in [6.45, 7) is 6.31. The predicted molar refractivity (Wildman–Crippen MR) is 64.0 cm³/mol. The fraction of sp³-hybridized carbons (Fsp3) is 0.833. The second kappa shape index (κ2) is 3.60. The summed E-state index contributed by atoms with van der Waals surface area (Å²) < 4.78 is 5.27. The number of nitrogens with zero attached hydrogens (tertiary/aromatic N) is 1. The van der Waals surface area contributed by atoms with E-state index in [4.69, 9.17) is 15.6 Å². The molecule has 0 aromatic rings. The normalized spacial score (nSPS) is 34.8. The Morgan fingerprint density at radius 2 is 2.00 bits per heavy atom. The Morgan fingerprint density at radius 1 is 1.39 bits per heavy atom. The third kappa shape index (κ3) is 1.94. The lowest BCUT2D eigenvalue weighted by atomic mass is 9.99. The Balaban J connectivity index is 1.99. The number of ether oxygens (including phenoxy) is 1. The monoisotopic (exact) mass is 256 g/mol. The molecule has 0 radical (unpaired) electrons. The predicted octanol–water partition coefficient (Wildman–Crippen LogP) is 0.799. The van der Waals surface area contributed by atoms with E-state index in [1.165, 1.54) is 0 Å². The van der Waals surface area contributed by atoms with Gasteiger partial charge in [0.1, 0.15) is 11.1 Å². The fourth-order valence-corrected chi connectivity index (χ4v) is 2.66. The minimum absolute atomic E-state index is 0.380. The highest BCUT2D eigenvalue weighted by Gasteiger charge is 2.72. The van der Waals surface area contributed by atoms with Gasteiger partial charge >= 0.3 is 12.1 Å². The summed E-state index contributed by atoms with van der Waals surface area (Å²) in [7, 11) is 0. The zero-order valence-corrected chi connectivity index (χ0v) is 11.0. The standard InChI is InChI=1S/C12H20N2O4/c1-10(2,3)18-9(17)14-5-4-11(7-14)6-12(11,13)8(15)16/h4-7,13H2,1-3H3,(H,15,16). The van der Waals surface area contributed by atoms with Gasteiger partial charge < -0.3 is 20.5 Å². The van der Waals surface area contributed by atoms with Crippen LogP contribution >= 0.6 is 0 Å². The van der Waals surface area contributed by atoms with Gasteiger partial charge in [0.25, 0.3) is 0 Å². The minimum atomic E-state index is -1.16.